The largest absolute Gasteiger partial charge is 0.462 e. The van der Waals surface area contributed by atoms with Gasteiger partial charge in [-0.15, -0.1) is 0 Å². The number of nitrogens with zero attached hydrogens (tertiary/aromatic N) is 2. The minimum Gasteiger partial charge on any atom is -0.462 e. The Hall–Kier alpha value is -1.50. The number of piperidine rings is 1. The van der Waals surface area contributed by atoms with Crippen molar-refractivity contribution in [1.29, 1.82) is 5.26 Å². The fraction of sp³-hybridized carbons (Fsp3) is 0.636. The summed E-state index contributed by atoms with van der Waals surface area (Å²) in [4.78, 5) is 13.3. The molecule has 0 amide bonds. The Balaban J connectivity index is 2.60. The lowest BCUT2D eigenvalue weighted by Crippen LogP contribution is -2.25. The standard InChI is InChI=1S/C11H16N2O2/c1-2-15-11(14)10(8-12)9-13-6-4-3-5-7-13/h9H,2-7H2,1H3. The molecule has 1 aliphatic rings. The van der Waals surface area contributed by atoms with E-state index in [9.17, 15) is 4.79 Å². The third-order valence-electron chi connectivity index (χ3n) is 2.32. The van der Waals surface area contributed by atoms with Crippen molar-refractivity contribution in [3.63, 3.8) is 0 Å². The maximum atomic E-state index is 11.3. The molecule has 15 heavy (non-hydrogen) atoms. The van der Waals surface area contributed by atoms with Gasteiger partial charge >= 0.3 is 5.97 Å². The summed E-state index contributed by atoms with van der Waals surface area (Å²) in [6, 6.07) is 1.88. The fourth-order valence-corrected chi connectivity index (χ4v) is 1.57. The highest BCUT2D eigenvalue weighted by Gasteiger charge is 2.13. The van der Waals surface area contributed by atoms with Gasteiger partial charge in [-0.1, -0.05) is 0 Å². The van der Waals surface area contributed by atoms with E-state index in [1.54, 1.807) is 13.1 Å². The van der Waals surface area contributed by atoms with Gasteiger partial charge in [0.05, 0.1) is 6.61 Å². The average molecular weight is 208 g/mol. The zero-order valence-corrected chi connectivity index (χ0v) is 9.03. The summed E-state index contributed by atoms with van der Waals surface area (Å²) >= 11 is 0. The van der Waals surface area contributed by atoms with Crippen molar-refractivity contribution in [2.24, 2.45) is 0 Å². The molecule has 1 aliphatic heterocycles. The van der Waals surface area contributed by atoms with Crippen LogP contribution in [0.3, 0.4) is 0 Å². The van der Waals surface area contributed by atoms with E-state index < -0.39 is 5.97 Å². The monoisotopic (exact) mass is 208 g/mol. The molecule has 4 nitrogen and oxygen atoms in total. The van der Waals surface area contributed by atoms with Crippen LogP contribution in [0.2, 0.25) is 0 Å². The summed E-state index contributed by atoms with van der Waals surface area (Å²) in [6.45, 7) is 3.88. The summed E-state index contributed by atoms with van der Waals surface area (Å²) in [5, 5.41) is 8.81. The highest BCUT2D eigenvalue weighted by atomic mass is 16.5. The van der Waals surface area contributed by atoms with Crippen LogP contribution in [0.25, 0.3) is 0 Å². The molecule has 1 saturated heterocycles. The van der Waals surface area contributed by atoms with Crippen LogP contribution in [-0.2, 0) is 9.53 Å². The Morgan fingerprint density at radius 1 is 1.47 bits per heavy atom. The molecule has 0 unspecified atom stereocenters. The third-order valence-corrected chi connectivity index (χ3v) is 2.32. The molecule has 0 aromatic heterocycles. The highest BCUT2D eigenvalue weighted by Crippen LogP contribution is 2.10. The molecule has 0 atom stereocenters. The summed E-state index contributed by atoms with van der Waals surface area (Å²) in [5.41, 5.74) is 0.0961. The minimum atomic E-state index is -0.523. The fourth-order valence-electron chi connectivity index (χ4n) is 1.57. The number of nitriles is 1. The first-order valence-electron chi connectivity index (χ1n) is 5.31. The molecule has 0 aliphatic carbocycles. The normalized spacial score (nSPS) is 17.1. The van der Waals surface area contributed by atoms with Gasteiger partial charge in [0.1, 0.15) is 6.07 Å². The van der Waals surface area contributed by atoms with Gasteiger partial charge in [0.25, 0.3) is 0 Å². The Kier molecular flexibility index (Phi) is 4.69. The lowest BCUT2D eigenvalue weighted by Gasteiger charge is -2.24. The molecule has 0 saturated carbocycles. The first-order chi connectivity index (χ1) is 7.27. The number of esters is 1. The predicted molar refractivity (Wildman–Crippen MR) is 55.8 cm³/mol. The molecule has 1 heterocycles. The number of carbonyl (C=O) groups is 1. The quantitative estimate of drug-likeness (QED) is 0.400. The van der Waals surface area contributed by atoms with Crippen molar-refractivity contribution in [1.82, 2.24) is 4.90 Å². The van der Waals surface area contributed by atoms with Crippen molar-refractivity contribution in [3.8, 4) is 6.07 Å². The van der Waals surface area contributed by atoms with Gasteiger partial charge in [-0.2, -0.15) is 5.26 Å². The third kappa shape index (κ3) is 3.62. The number of rotatable bonds is 3. The smallest absolute Gasteiger partial charge is 0.350 e. The number of likely N-dealkylation sites (tertiary alicyclic amines) is 1. The molecule has 0 N–H and O–H groups in total. The van der Waals surface area contributed by atoms with Crippen molar-refractivity contribution in [3.05, 3.63) is 11.8 Å². The van der Waals surface area contributed by atoms with Crippen LogP contribution in [0.15, 0.2) is 11.8 Å². The number of hydrogen-bond acceptors (Lipinski definition) is 4. The van der Waals surface area contributed by atoms with E-state index in [0.717, 1.165) is 25.9 Å². The highest BCUT2D eigenvalue weighted by molar-refractivity contribution is 5.92. The van der Waals surface area contributed by atoms with E-state index >= 15 is 0 Å². The summed E-state index contributed by atoms with van der Waals surface area (Å²) in [5.74, 6) is -0.523. The Bertz CT molecular complexity index is 285. The van der Waals surface area contributed by atoms with Crippen LogP contribution in [0, 0.1) is 11.3 Å². The second kappa shape index (κ2) is 6.07. The van der Waals surface area contributed by atoms with Crippen LogP contribution in [0.1, 0.15) is 26.2 Å². The SMILES string of the molecule is CCOC(=O)C(C#N)=CN1CCCCC1. The van der Waals surface area contributed by atoms with Gasteiger partial charge in [-0.3, -0.25) is 0 Å². The van der Waals surface area contributed by atoms with Gasteiger partial charge in [0, 0.05) is 19.3 Å². The maximum Gasteiger partial charge on any atom is 0.350 e. The second-order valence-electron chi connectivity index (χ2n) is 3.47. The topological polar surface area (TPSA) is 53.3 Å². The molecular weight excluding hydrogens is 192 g/mol. The molecule has 0 spiro atoms. The van der Waals surface area contributed by atoms with Crippen molar-refractivity contribution in [2.45, 2.75) is 26.2 Å². The van der Waals surface area contributed by atoms with E-state index in [2.05, 4.69) is 0 Å². The molecule has 1 rings (SSSR count). The number of carbonyl (C=O) groups excluding carboxylic acids is 1. The van der Waals surface area contributed by atoms with Crippen LogP contribution < -0.4 is 0 Å². The van der Waals surface area contributed by atoms with E-state index in [0.29, 0.717) is 6.61 Å². The maximum absolute atomic E-state index is 11.3. The summed E-state index contributed by atoms with van der Waals surface area (Å²) < 4.78 is 4.78. The molecule has 0 aromatic rings. The van der Waals surface area contributed by atoms with Crippen LogP contribution in [0.5, 0.6) is 0 Å². The van der Waals surface area contributed by atoms with Gasteiger partial charge in [0.15, 0.2) is 5.57 Å². The van der Waals surface area contributed by atoms with E-state index in [4.69, 9.17) is 10.00 Å². The van der Waals surface area contributed by atoms with Gasteiger partial charge in [-0.05, 0) is 26.2 Å². The zero-order valence-electron chi connectivity index (χ0n) is 9.03. The van der Waals surface area contributed by atoms with Gasteiger partial charge < -0.3 is 9.64 Å². The molecule has 0 bridgehead atoms. The second-order valence-corrected chi connectivity index (χ2v) is 3.47. The van der Waals surface area contributed by atoms with Crippen LogP contribution >= 0.6 is 0 Å². The zero-order chi connectivity index (χ0) is 11.1. The van der Waals surface area contributed by atoms with Crippen LogP contribution in [0.4, 0.5) is 0 Å². The Morgan fingerprint density at radius 2 is 2.13 bits per heavy atom. The molecule has 82 valence electrons. The number of hydrogen-bond donors (Lipinski definition) is 0. The minimum absolute atomic E-state index is 0.0961. The Labute approximate surface area is 90.1 Å². The van der Waals surface area contributed by atoms with Crippen molar-refractivity contribution < 1.29 is 9.53 Å². The summed E-state index contributed by atoms with van der Waals surface area (Å²) in [7, 11) is 0. The van der Waals surface area contributed by atoms with Crippen molar-refractivity contribution >= 4 is 5.97 Å². The van der Waals surface area contributed by atoms with Gasteiger partial charge in [-0.25, -0.2) is 4.79 Å². The predicted octanol–water partition coefficient (Wildman–Crippen LogP) is 1.44. The molecule has 0 aromatic carbocycles. The van der Waals surface area contributed by atoms with Crippen LogP contribution in [-0.4, -0.2) is 30.6 Å². The van der Waals surface area contributed by atoms with E-state index in [1.165, 1.54) is 6.42 Å². The molecule has 1 fully saturated rings. The average Bonchev–Trinajstić information content (AvgIpc) is 2.27. The first kappa shape index (κ1) is 11.6. The molecule has 4 heteroatoms. The van der Waals surface area contributed by atoms with Crippen molar-refractivity contribution in [2.75, 3.05) is 19.7 Å². The Morgan fingerprint density at radius 3 is 2.67 bits per heavy atom. The van der Waals surface area contributed by atoms with E-state index in [-0.39, 0.29) is 5.57 Å². The van der Waals surface area contributed by atoms with Gasteiger partial charge in [0.2, 0.25) is 0 Å². The molecular formula is C11H16N2O2. The lowest BCUT2D eigenvalue weighted by molar-refractivity contribution is -0.138. The summed E-state index contributed by atoms with van der Waals surface area (Å²) in [6.07, 6.45) is 5.10. The lowest BCUT2D eigenvalue weighted by atomic mass is 10.1. The van der Waals surface area contributed by atoms with E-state index in [1.807, 2.05) is 11.0 Å². The first-order valence-corrected chi connectivity index (χ1v) is 5.31. The number of ether oxygens (including phenoxy) is 1. The molecule has 0 radical (unpaired) electrons.